The highest BCUT2D eigenvalue weighted by atomic mass is 32.7. The molecule has 0 atom stereocenters. The Morgan fingerprint density at radius 1 is 0.842 bits per heavy atom. The van der Waals surface area contributed by atoms with Gasteiger partial charge in [0.2, 0.25) is 0 Å². The maximum absolute atomic E-state index is 12.8. The zero-order chi connectivity index (χ0) is 15.5. The van der Waals surface area contributed by atoms with Gasteiger partial charge in [0, 0.05) is 5.75 Å². The second kappa shape index (κ2) is 6.51. The van der Waals surface area contributed by atoms with Gasteiger partial charge in [-0.2, -0.15) is 0 Å². The molecule has 0 saturated carbocycles. The highest BCUT2D eigenvalue weighted by Gasteiger charge is 2.36. The van der Waals surface area contributed by atoms with E-state index in [1.165, 1.54) is 11.4 Å². The third-order valence-electron chi connectivity index (χ3n) is 1.87. The van der Waals surface area contributed by atoms with Crippen molar-refractivity contribution in [3.8, 4) is 0 Å². The minimum Gasteiger partial charge on any atom is -0.295 e. The molecular formula is C14H31O3PS. The lowest BCUT2D eigenvalue weighted by Gasteiger charge is -2.31. The maximum atomic E-state index is 12.8. The molecule has 0 aromatic heterocycles. The van der Waals surface area contributed by atoms with E-state index in [1.54, 1.807) is 0 Å². The van der Waals surface area contributed by atoms with Crippen molar-refractivity contribution >= 4 is 18.2 Å². The fraction of sp³-hybridized carbons (Fsp3) is 1.00. The summed E-state index contributed by atoms with van der Waals surface area (Å²) in [5.41, 5.74) is -0.730. The molecule has 19 heavy (non-hydrogen) atoms. The standard InChI is InChI=1S/C14H31O3PS/c1-12(2,3)10-11-19-18(15,16-13(4,5)6)17-14(7,8)9/h10-11H2,1-9H3. The third kappa shape index (κ3) is 12.0. The average molecular weight is 310 g/mol. The third-order valence-corrected chi connectivity index (χ3v) is 6.06. The van der Waals surface area contributed by atoms with E-state index in [0.29, 0.717) is 0 Å². The van der Waals surface area contributed by atoms with Gasteiger partial charge in [0.15, 0.2) is 0 Å². The van der Waals surface area contributed by atoms with Gasteiger partial charge >= 0.3 is 6.80 Å². The van der Waals surface area contributed by atoms with Crippen molar-refractivity contribution in [1.82, 2.24) is 0 Å². The van der Waals surface area contributed by atoms with Crippen LogP contribution in [0.3, 0.4) is 0 Å². The van der Waals surface area contributed by atoms with E-state index in [9.17, 15) is 4.57 Å². The molecule has 0 amide bonds. The summed E-state index contributed by atoms with van der Waals surface area (Å²) in [5.74, 6) is 0.771. The lowest BCUT2D eigenvalue weighted by molar-refractivity contribution is 0.0592. The minimum absolute atomic E-state index is 0.224. The minimum atomic E-state index is -3.13. The van der Waals surface area contributed by atoms with Crippen molar-refractivity contribution in [2.45, 2.75) is 79.9 Å². The van der Waals surface area contributed by atoms with Gasteiger partial charge in [0.05, 0.1) is 11.2 Å². The van der Waals surface area contributed by atoms with Crippen LogP contribution in [-0.2, 0) is 13.6 Å². The highest BCUT2D eigenvalue weighted by Crippen LogP contribution is 2.65. The largest absolute Gasteiger partial charge is 0.390 e. The fourth-order valence-electron chi connectivity index (χ4n) is 1.21. The van der Waals surface area contributed by atoms with Crippen LogP contribution in [0, 0.1) is 5.41 Å². The molecule has 0 aliphatic carbocycles. The summed E-state index contributed by atoms with van der Waals surface area (Å²) in [6.45, 7) is 14.8. The first kappa shape index (κ1) is 19.5. The van der Waals surface area contributed by atoms with Gasteiger partial charge in [-0.1, -0.05) is 20.8 Å². The molecule has 0 aliphatic heterocycles. The summed E-state index contributed by atoms with van der Waals surface area (Å²) in [5, 5.41) is 0. The summed E-state index contributed by atoms with van der Waals surface area (Å²) in [7, 11) is 0. The maximum Gasteiger partial charge on any atom is 0.390 e. The lowest BCUT2D eigenvalue weighted by atomic mass is 9.94. The molecular weight excluding hydrogens is 279 g/mol. The van der Waals surface area contributed by atoms with Gasteiger partial charge in [-0.05, 0) is 64.8 Å². The molecule has 0 heterocycles. The molecule has 0 aromatic rings. The molecule has 0 rings (SSSR count). The zero-order valence-corrected chi connectivity index (χ0v) is 15.7. The monoisotopic (exact) mass is 310 g/mol. The Kier molecular flexibility index (Phi) is 6.68. The van der Waals surface area contributed by atoms with Gasteiger partial charge in [-0.25, -0.2) is 4.57 Å². The van der Waals surface area contributed by atoms with Crippen molar-refractivity contribution in [1.29, 1.82) is 0 Å². The van der Waals surface area contributed by atoms with Crippen LogP contribution in [0.5, 0.6) is 0 Å². The normalized spacial score (nSPS) is 14.8. The Bertz CT molecular complexity index is 301. The van der Waals surface area contributed by atoms with E-state index in [4.69, 9.17) is 9.05 Å². The molecule has 5 heteroatoms. The summed E-state index contributed by atoms with van der Waals surface area (Å²) in [4.78, 5) is 0. The van der Waals surface area contributed by atoms with E-state index in [0.717, 1.165) is 12.2 Å². The van der Waals surface area contributed by atoms with Gasteiger partial charge in [-0.3, -0.25) is 9.05 Å². The van der Waals surface area contributed by atoms with Crippen LogP contribution in [0.2, 0.25) is 0 Å². The SMILES string of the molecule is CC(C)(C)CCSP(=O)(OC(C)(C)C)OC(C)(C)C. The Hall–Kier alpha value is 0.500. The second-order valence-corrected chi connectivity index (χ2v) is 12.0. The molecule has 0 radical (unpaired) electrons. The van der Waals surface area contributed by atoms with Crippen molar-refractivity contribution in [3.63, 3.8) is 0 Å². The average Bonchev–Trinajstić information content (AvgIpc) is 1.90. The van der Waals surface area contributed by atoms with Crippen LogP contribution in [-0.4, -0.2) is 17.0 Å². The van der Waals surface area contributed by atoms with Gasteiger partial charge in [0.25, 0.3) is 0 Å². The van der Waals surface area contributed by atoms with E-state index in [1.807, 2.05) is 41.5 Å². The Morgan fingerprint density at radius 2 is 1.21 bits per heavy atom. The number of hydrogen-bond donors (Lipinski definition) is 0. The lowest BCUT2D eigenvalue weighted by Crippen LogP contribution is -2.23. The fourth-order valence-corrected chi connectivity index (χ4v) is 6.22. The van der Waals surface area contributed by atoms with E-state index >= 15 is 0 Å². The van der Waals surface area contributed by atoms with Crippen LogP contribution in [0.25, 0.3) is 0 Å². The van der Waals surface area contributed by atoms with Gasteiger partial charge in [0.1, 0.15) is 0 Å². The van der Waals surface area contributed by atoms with Crippen molar-refractivity contribution in [2.75, 3.05) is 5.75 Å². The predicted molar refractivity (Wildman–Crippen MR) is 85.8 cm³/mol. The van der Waals surface area contributed by atoms with Crippen LogP contribution in [0.15, 0.2) is 0 Å². The topological polar surface area (TPSA) is 35.5 Å². The Morgan fingerprint density at radius 3 is 1.47 bits per heavy atom. The summed E-state index contributed by atoms with van der Waals surface area (Å²) in [6.07, 6.45) is 0.975. The van der Waals surface area contributed by atoms with Gasteiger partial charge < -0.3 is 0 Å². The molecule has 0 spiro atoms. The number of hydrogen-bond acceptors (Lipinski definition) is 4. The highest BCUT2D eigenvalue weighted by molar-refractivity contribution is 8.55. The van der Waals surface area contributed by atoms with Gasteiger partial charge in [-0.15, -0.1) is 0 Å². The smallest absolute Gasteiger partial charge is 0.295 e. The first-order valence-electron chi connectivity index (χ1n) is 6.78. The van der Waals surface area contributed by atoms with E-state index in [2.05, 4.69) is 20.8 Å². The quantitative estimate of drug-likeness (QED) is 0.593. The summed E-state index contributed by atoms with van der Waals surface area (Å²) < 4.78 is 24.3. The van der Waals surface area contributed by atoms with Crippen molar-refractivity contribution in [3.05, 3.63) is 0 Å². The van der Waals surface area contributed by atoms with Crippen LogP contribution in [0.4, 0.5) is 0 Å². The molecule has 0 unspecified atom stereocenters. The first-order chi connectivity index (χ1) is 8.12. The summed E-state index contributed by atoms with van der Waals surface area (Å²) in [6, 6.07) is 0. The first-order valence-corrected chi connectivity index (χ1v) is 9.91. The molecule has 0 fully saturated rings. The van der Waals surface area contributed by atoms with Crippen molar-refractivity contribution in [2.24, 2.45) is 5.41 Å². The summed E-state index contributed by atoms with van der Waals surface area (Å²) >= 11 is 1.32. The zero-order valence-electron chi connectivity index (χ0n) is 14.0. The number of rotatable bonds is 5. The Balaban J connectivity index is 4.73. The molecule has 0 aliphatic rings. The Labute approximate surface area is 123 Å². The molecule has 0 aromatic carbocycles. The molecule has 3 nitrogen and oxygen atoms in total. The molecule has 0 bridgehead atoms. The molecule has 0 N–H and O–H groups in total. The molecule has 116 valence electrons. The van der Waals surface area contributed by atoms with E-state index < -0.39 is 18.0 Å². The predicted octanol–water partition coefficient (Wildman–Crippen LogP) is 5.89. The van der Waals surface area contributed by atoms with Crippen LogP contribution < -0.4 is 0 Å². The van der Waals surface area contributed by atoms with Crippen LogP contribution in [0.1, 0.15) is 68.7 Å². The second-order valence-electron chi connectivity index (χ2n) is 8.00. The van der Waals surface area contributed by atoms with Crippen LogP contribution >= 0.6 is 18.2 Å². The van der Waals surface area contributed by atoms with Crippen molar-refractivity contribution < 1.29 is 13.6 Å². The van der Waals surface area contributed by atoms with E-state index in [-0.39, 0.29) is 5.41 Å². The molecule has 0 saturated heterocycles.